The van der Waals surface area contributed by atoms with Crippen LogP contribution in [0.25, 0.3) is 0 Å². The molecule has 32 heavy (non-hydrogen) atoms. The molecule has 13 nitrogen and oxygen atoms in total. The Kier molecular flexibility index (Phi) is 7.00. The van der Waals surface area contributed by atoms with E-state index in [9.17, 15) is 19.5 Å². The number of anilines is 1. The van der Waals surface area contributed by atoms with Crippen molar-refractivity contribution in [2.75, 3.05) is 16.8 Å². The van der Waals surface area contributed by atoms with Gasteiger partial charge in [0.15, 0.2) is 12.4 Å². The second-order valence-corrected chi connectivity index (χ2v) is 8.86. The number of aryl methyl sites for hydroxylation is 1. The molecule has 2 aliphatic rings. The van der Waals surface area contributed by atoms with Gasteiger partial charge in [-0.15, -0.1) is 16.9 Å². The molecule has 2 aromatic heterocycles. The number of rotatable bonds is 8. The number of nitrogens with zero attached hydrogens (tertiary/aromatic N) is 6. The summed E-state index contributed by atoms with van der Waals surface area (Å²) in [5.74, 6) is -1.58. The first-order valence-electron chi connectivity index (χ1n) is 9.07. The number of pyridine rings is 1. The van der Waals surface area contributed by atoms with Crippen molar-refractivity contribution in [3.8, 4) is 0 Å². The maximum atomic E-state index is 12.8. The fourth-order valence-corrected chi connectivity index (χ4v) is 5.62. The highest BCUT2D eigenvalue weighted by Gasteiger charge is 2.53. The molecule has 0 saturated carbocycles. The number of nitrogens with one attached hydrogen (secondary N) is 1. The number of aliphatic carboxylic acids is 2. The average molecular weight is 482 g/mol. The lowest BCUT2D eigenvalue weighted by Gasteiger charge is -2.49. The van der Waals surface area contributed by atoms with Gasteiger partial charge in [-0.05, 0) is 16.0 Å². The Hall–Kier alpha value is -3.17. The van der Waals surface area contributed by atoms with Crippen molar-refractivity contribution < 1.29 is 34.6 Å². The van der Waals surface area contributed by atoms with E-state index >= 15 is 0 Å². The maximum Gasteiger partial charge on any atom is 0.370 e. The monoisotopic (exact) mass is 481 g/mol. The number of thioether (sulfide) groups is 2. The summed E-state index contributed by atoms with van der Waals surface area (Å²) in [5, 5.41) is 33.1. The van der Waals surface area contributed by atoms with Gasteiger partial charge < -0.3 is 21.0 Å². The Morgan fingerprint density at radius 3 is 2.66 bits per heavy atom. The van der Waals surface area contributed by atoms with Crippen LogP contribution in [0.5, 0.6) is 0 Å². The topological polar surface area (TPSA) is 184 Å². The second kappa shape index (κ2) is 9.54. The molecule has 4 heterocycles. The summed E-state index contributed by atoms with van der Waals surface area (Å²) in [6.45, 7) is -0.160. The third-order valence-corrected chi connectivity index (χ3v) is 7.17. The Morgan fingerprint density at radius 1 is 1.34 bits per heavy atom. The van der Waals surface area contributed by atoms with Crippen molar-refractivity contribution in [3.05, 3.63) is 35.8 Å². The number of aromatic nitrogens is 5. The van der Waals surface area contributed by atoms with Crippen LogP contribution in [0.2, 0.25) is 0 Å². The van der Waals surface area contributed by atoms with Crippen LogP contribution in [0, 0.1) is 0 Å². The molecule has 1 saturated heterocycles. The van der Waals surface area contributed by atoms with Crippen molar-refractivity contribution in [1.82, 2.24) is 25.1 Å². The van der Waals surface area contributed by atoms with Crippen LogP contribution in [0.15, 0.2) is 41.0 Å². The molecule has 0 aliphatic carbocycles. The first-order valence-corrected chi connectivity index (χ1v) is 11.1. The number of tetrazole rings is 1. The number of carbonyl (C=O) groups is 3. The molecule has 4 rings (SSSR count). The van der Waals surface area contributed by atoms with Gasteiger partial charge in [-0.2, -0.15) is 4.57 Å². The zero-order chi connectivity index (χ0) is 22.1. The van der Waals surface area contributed by atoms with Gasteiger partial charge in [0.05, 0.1) is 0 Å². The van der Waals surface area contributed by atoms with E-state index in [0.717, 1.165) is 0 Å². The van der Waals surface area contributed by atoms with E-state index in [4.69, 9.17) is 5.11 Å². The minimum absolute atomic E-state index is 0. The lowest BCUT2D eigenvalue weighted by molar-refractivity contribution is -0.685. The third kappa shape index (κ3) is 4.53. The molecule has 2 atom stereocenters. The van der Waals surface area contributed by atoms with E-state index in [1.54, 1.807) is 31.6 Å². The van der Waals surface area contributed by atoms with Crippen molar-refractivity contribution in [2.45, 2.75) is 23.1 Å². The number of carboxylic acids is 2. The van der Waals surface area contributed by atoms with Gasteiger partial charge in [0.2, 0.25) is 11.7 Å². The fraction of sp³-hybridized carbons (Fsp3) is 0.353. The summed E-state index contributed by atoms with van der Waals surface area (Å²) in [7, 11) is 1.70. The lowest BCUT2D eigenvalue weighted by Crippen LogP contribution is -2.67. The van der Waals surface area contributed by atoms with Crippen LogP contribution in [0.4, 0.5) is 5.69 Å². The second-order valence-electron chi connectivity index (χ2n) is 6.82. The largest absolute Gasteiger partial charge is 0.870 e. The SMILES string of the molecule is Cn1nnnc1SCC1=C(C(=O)O)N2C(=O)[C@@H](Nc3cc[n+](CC(=O)O)cc3)C2SC1.[OH-]. The number of hydrogen-bond donors (Lipinski definition) is 3. The first kappa shape index (κ1) is 23.5. The molecular weight excluding hydrogens is 462 g/mol. The van der Waals surface area contributed by atoms with E-state index < -0.39 is 18.0 Å². The minimum atomic E-state index is -1.14. The van der Waals surface area contributed by atoms with Gasteiger partial charge in [0.1, 0.15) is 17.1 Å². The number of carbonyl (C=O) groups excluding carboxylic acids is 1. The molecule has 2 aromatic rings. The molecule has 0 spiro atoms. The number of amides is 1. The van der Waals surface area contributed by atoms with Gasteiger partial charge in [0, 0.05) is 36.4 Å². The third-order valence-electron chi connectivity index (χ3n) is 4.74. The molecule has 4 N–H and O–H groups in total. The van der Waals surface area contributed by atoms with Gasteiger partial charge in [-0.25, -0.2) is 14.3 Å². The van der Waals surface area contributed by atoms with Gasteiger partial charge in [-0.3, -0.25) is 9.69 Å². The quantitative estimate of drug-likeness (QED) is 0.243. The number of β-lactam (4-membered cyclic amide) rings is 1. The summed E-state index contributed by atoms with van der Waals surface area (Å²) in [6, 6.07) is 2.79. The summed E-state index contributed by atoms with van der Waals surface area (Å²) in [4.78, 5) is 36.8. The molecular formula is C17H19N7O6S2. The molecule has 1 fully saturated rings. The van der Waals surface area contributed by atoms with Crippen LogP contribution in [0.1, 0.15) is 0 Å². The van der Waals surface area contributed by atoms with Crippen LogP contribution in [0.3, 0.4) is 0 Å². The van der Waals surface area contributed by atoms with Crippen molar-refractivity contribution in [2.24, 2.45) is 7.05 Å². The number of fused-ring (bicyclic) bond motifs is 1. The molecule has 1 unspecified atom stereocenters. The van der Waals surface area contributed by atoms with E-state index in [-0.39, 0.29) is 29.0 Å². The fourth-order valence-electron chi connectivity index (χ4n) is 3.28. The van der Waals surface area contributed by atoms with Crippen molar-refractivity contribution in [1.29, 1.82) is 0 Å². The Balaban J connectivity index is 0.00000289. The first-order chi connectivity index (χ1) is 14.8. The molecule has 15 heteroatoms. The Bertz CT molecular complexity index is 1070. The zero-order valence-electron chi connectivity index (χ0n) is 16.7. The standard InChI is InChI=1S/C17H17N7O5S2.H2O/c1-22-17(19-20-21-22)31-8-9-7-30-15-12(14(27)24(15)13(9)16(28)29)18-10-2-4-23(5-3-10)6-11(25)26;/h2-5,12,15H,6-8H2,1H3,(H2,25,26,28,29);1H2/t12-,15?;/m1./s1. The highest BCUT2D eigenvalue weighted by Crippen LogP contribution is 2.42. The van der Waals surface area contributed by atoms with Gasteiger partial charge in [-0.1, -0.05) is 11.8 Å². The summed E-state index contributed by atoms with van der Waals surface area (Å²) < 4.78 is 3.00. The zero-order valence-corrected chi connectivity index (χ0v) is 18.3. The van der Waals surface area contributed by atoms with Crippen LogP contribution >= 0.6 is 23.5 Å². The van der Waals surface area contributed by atoms with Gasteiger partial charge in [0.25, 0.3) is 5.91 Å². The van der Waals surface area contributed by atoms with Crippen molar-refractivity contribution in [3.63, 3.8) is 0 Å². The molecule has 1 amide bonds. The normalized spacial score (nSPS) is 19.7. The average Bonchev–Trinajstić information content (AvgIpc) is 3.15. The van der Waals surface area contributed by atoms with Crippen LogP contribution in [-0.4, -0.2) is 81.6 Å². The summed E-state index contributed by atoms with van der Waals surface area (Å²) in [5.41, 5.74) is 1.31. The van der Waals surface area contributed by atoms with Gasteiger partial charge >= 0.3 is 11.9 Å². The van der Waals surface area contributed by atoms with E-state index in [0.29, 0.717) is 27.9 Å². The number of hydrogen-bond acceptors (Lipinski definition) is 10. The van der Waals surface area contributed by atoms with E-state index in [2.05, 4.69) is 20.8 Å². The predicted molar refractivity (Wildman–Crippen MR) is 111 cm³/mol. The number of carboxylic acid groups (broad SMARTS) is 2. The molecule has 170 valence electrons. The molecule has 0 bridgehead atoms. The minimum Gasteiger partial charge on any atom is -0.870 e. The highest BCUT2D eigenvalue weighted by atomic mass is 32.2. The smallest absolute Gasteiger partial charge is 0.370 e. The van der Waals surface area contributed by atoms with E-state index in [1.807, 2.05) is 0 Å². The molecule has 0 radical (unpaired) electrons. The van der Waals surface area contributed by atoms with Crippen LogP contribution in [-0.2, 0) is 28.0 Å². The molecule has 2 aliphatic heterocycles. The lowest BCUT2D eigenvalue weighted by atomic mass is 10.0. The highest BCUT2D eigenvalue weighted by molar-refractivity contribution is 8.01. The maximum absolute atomic E-state index is 12.8. The van der Waals surface area contributed by atoms with Crippen LogP contribution < -0.4 is 9.88 Å². The predicted octanol–water partition coefficient (Wildman–Crippen LogP) is -0.768. The van der Waals surface area contributed by atoms with Crippen molar-refractivity contribution >= 4 is 47.1 Å². The Labute approximate surface area is 189 Å². The van der Waals surface area contributed by atoms with E-state index in [1.165, 1.54) is 37.7 Å². The summed E-state index contributed by atoms with van der Waals surface area (Å²) in [6.07, 6.45) is 3.20. The Morgan fingerprint density at radius 2 is 2.06 bits per heavy atom. The molecule has 0 aromatic carbocycles. The summed E-state index contributed by atoms with van der Waals surface area (Å²) >= 11 is 2.81.